The summed E-state index contributed by atoms with van der Waals surface area (Å²) in [5.74, 6) is -0.0758. The molecular formula is C18H24F3N3O3. The maximum absolute atomic E-state index is 12.8. The summed E-state index contributed by atoms with van der Waals surface area (Å²) in [6, 6.07) is 3.53. The monoisotopic (exact) mass is 387 g/mol. The number of carbonyl (C=O) groups excluding carboxylic acids is 1. The first-order valence-corrected chi connectivity index (χ1v) is 8.61. The van der Waals surface area contributed by atoms with Crippen LogP contribution in [0.25, 0.3) is 0 Å². The number of aromatic nitrogens is 1. The van der Waals surface area contributed by atoms with E-state index in [1.54, 1.807) is 20.0 Å². The summed E-state index contributed by atoms with van der Waals surface area (Å²) in [6.45, 7) is 6.31. The van der Waals surface area contributed by atoms with E-state index >= 15 is 0 Å². The molecule has 0 fully saturated rings. The molecule has 150 valence electrons. The van der Waals surface area contributed by atoms with Crippen molar-refractivity contribution in [2.24, 2.45) is 5.92 Å². The summed E-state index contributed by atoms with van der Waals surface area (Å²) in [5.41, 5.74) is -1.22. The minimum atomic E-state index is -4.63. The van der Waals surface area contributed by atoms with E-state index in [9.17, 15) is 18.0 Å². The molecule has 0 N–H and O–H groups in total. The normalized spacial score (nSPS) is 12.4. The van der Waals surface area contributed by atoms with Gasteiger partial charge in [0.15, 0.2) is 0 Å². The molecule has 0 saturated carbocycles. The lowest BCUT2D eigenvalue weighted by Crippen LogP contribution is -2.31. The number of ether oxygens (including phenoxy) is 2. The number of halogens is 3. The second-order valence-electron chi connectivity index (χ2n) is 6.48. The van der Waals surface area contributed by atoms with Crippen molar-refractivity contribution >= 4 is 6.09 Å². The van der Waals surface area contributed by atoms with Crippen LogP contribution in [0, 0.1) is 17.2 Å². The van der Waals surface area contributed by atoms with Gasteiger partial charge in [-0.3, -0.25) is 0 Å². The van der Waals surface area contributed by atoms with Crippen molar-refractivity contribution in [3.63, 3.8) is 0 Å². The number of hydrogen-bond acceptors (Lipinski definition) is 5. The molecule has 1 atom stereocenters. The van der Waals surface area contributed by atoms with Gasteiger partial charge >= 0.3 is 12.3 Å². The Bertz CT molecular complexity index is 672. The minimum Gasteiger partial charge on any atom is -0.473 e. The molecule has 1 heterocycles. The van der Waals surface area contributed by atoms with E-state index < -0.39 is 24.1 Å². The maximum atomic E-state index is 12.8. The fraction of sp³-hybridized carbons (Fsp3) is 0.611. The highest BCUT2D eigenvalue weighted by molar-refractivity contribution is 5.67. The molecule has 0 spiro atoms. The number of nitrogens with zero attached hydrogens (tertiary/aromatic N) is 3. The van der Waals surface area contributed by atoms with Crippen LogP contribution < -0.4 is 4.74 Å². The van der Waals surface area contributed by atoms with Crippen molar-refractivity contribution in [3.8, 4) is 11.9 Å². The van der Waals surface area contributed by atoms with Crippen molar-refractivity contribution in [1.29, 1.82) is 5.26 Å². The van der Waals surface area contributed by atoms with E-state index in [0.717, 1.165) is 12.1 Å². The van der Waals surface area contributed by atoms with Crippen LogP contribution in [0.1, 0.15) is 44.9 Å². The van der Waals surface area contributed by atoms with Crippen LogP contribution in [-0.2, 0) is 10.9 Å². The van der Waals surface area contributed by atoms with E-state index in [4.69, 9.17) is 14.7 Å². The lowest BCUT2D eigenvalue weighted by molar-refractivity contribution is -0.141. The first-order chi connectivity index (χ1) is 12.6. The molecule has 0 saturated heterocycles. The van der Waals surface area contributed by atoms with Gasteiger partial charge in [0.1, 0.15) is 23.4 Å². The molecular weight excluding hydrogens is 363 g/mol. The molecule has 0 aliphatic rings. The fourth-order valence-electron chi connectivity index (χ4n) is 2.29. The summed E-state index contributed by atoms with van der Waals surface area (Å²) >= 11 is 0. The van der Waals surface area contributed by atoms with Crippen molar-refractivity contribution in [2.75, 3.05) is 20.2 Å². The average molecular weight is 387 g/mol. The highest BCUT2D eigenvalue weighted by Crippen LogP contribution is 2.30. The second-order valence-corrected chi connectivity index (χ2v) is 6.48. The van der Waals surface area contributed by atoms with Gasteiger partial charge in [-0.1, -0.05) is 20.8 Å². The highest BCUT2D eigenvalue weighted by Gasteiger charge is 2.33. The number of rotatable bonds is 8. The molecule has 27 heavy (non-hydrogen) atoms. The quantitative estimate of drug-likeness (QED) is 0.667. The Morgan fingerprint density at radius 1 is 1.37 bits per heavy atom. The van der Waals surface area contributed by atoms with Gasteiger partial charge in [0.2, 0.25) is 5.88 Å². The zero-order valence-corrected chi connectivity index (χ0v) is 15.8. The van der Waals surface area contributed by atoms with Crippen LogP contribution in [0.4, 0.5) is 18.0 Å². The SMILES string of the molecule is CCC(CCOC(=O)N(C)CC(C)C)Oc1nc(C(F)(F)F)ccc1C#N. The van der Waals surface area contributed by atoms with Gasteiger partial charge in [-0.25, -0.2) is 9.78 Å². The molecule has 0 aromatic carbocycles. The predicted molar refractivity (Wildman–Crippen MR) is 92.1 cm³/mol. The van der Waals surface area contributed by atoms with Gasteiger partial charge in [0.25, 0.3) is 0 Å². The molecule has 9 heteroatoms. The van der Waals surface area contributed by atoms with Gasteiger partial charge in [0, 0.05) is 20.0 Å². The van der Waals surface area contributed by atoms with E-state index in [2.05, 4.69) is 4.98 Å². The third-order valence-corrected chi connectivity index (χ3v) is 3.62. The molecule has 1 rings (SSSR count). The maximum Gasteiger partial charge on any atom is 0.433 e. The standard InChI is InChI=1S/C18H24F3N3O3/c1-5-14(8-9-26-17(25)24(4)11-12(2)3)27-16-13(10-22)6-7-15(23-16)18(19,20)21/h6-7,12,14H,5,8-9,11H2,1-4H3. The predicted octanol–water partition coefficient (Wildman–Crippen LogP) is 4.24. The van der Waals surface area contributed by atoms with Crippen molar-refractivity contribution in [2.45, 2.75) is 45.9 Å². The van der Waals surface area contributed by atoms with Gasteiger partial charge in [0.05, 0.1) is 6.61 Å². The summed E-state index contributed by atoms with van der Waals surface area (Å²) in [7, 11) is 1.63. The molecule has 1 aromatic heterocycles. The summed E-state index contributed by atoms with van der Waals surface area (Å²) in [4.78, 5) is 16.7. The minimum absolute atomic E-state index is 0.0423. The molecule has 1 aromatic rings. The van der Waals surface area contributed by atoms with Gasteiger partial charge < -0.3 is 14.4 Å². The lowest BCUT2D eigenvalue weighted by Gasteiger charge is -2.21. The first-order valence-electron chi connectivity index (χ1n) is 8.61. The summed E-state index contributed by atoms with van der Waals surface area (Å²) in [6.07, 6.45) is -4.95. The number of hydrogen-bond donors (Lipinski definition) is 0. The third-order valence-electron chi connectivity index (χ3n) is 3.62. The molecule has 0 aliphatic heterocycles. The Morgan fingerprint density at radius 3 is 2.56 bits per heavy atom. The molecule has 1 unspecified atom stereocenters. The zero-order valence-electron chi connectivity index (χ0n) is 15.8. The Hall–Kier alpha value is -2.50. The van der Waals surface area contributed by atoms with Crippen LogP contribution in [0.2, 0.25) is 0 Å². The molecule has 0 radical (unpaired) electrons. The van der Waals surface area contributed by atoms with Crippen LogP contribution in [0.3, 0.4) is 0 Å². The molecule has 1 amide bonds. The van der Waals surface area contributed by atoms with Gasteiger partial charge in [-0.15, -0.1) is 0 Å². The molecule has 0 aliphatic carbocycles. The van der Waals surface area contributed by atoms with E-state index in [1.165, 1.54) is 4.90 Å². The Labute approximate surface area is 156 Å². The Morgan fingerprint density at radius 2 is 2.04 bits per heavy atom. The van der Waals surface area contributed by atoms with Crippen LogP contribution >= 0.6 is 0 Å². The van der Waals surface area contributed by atoms with Crippen LogP contribution in [0.15, 0.2) is 12.1 Å². The van der Waals surface area contributed by atoms with E-state index in [0.29, 0.717) is 18.9 Å². The highest BCUT2D eigenvalue weighted by atomic mass is 19.4. The van der Waals surface area contributed by atoms with Crippen LogP contribution in [0.5, 0.6) is 5.88 Å². The number of pyridine rings is 1. The second kappa shape index (κ2) is 10.00. The van der Waals surface area contributed by atoms with Gasteiger partial charge in [-0.2, -0.15) is 18.4 Å². The number of carbonyl (C=O) groups is 1. The van der Waals surface area contributed by atoms with Crippen molar-refractivity contribution < 1.29 is 27.4 Å². The Kier molecular flexibility index (Phi) is 8.34. The zero-order chi connectivity index (χ0) is 20.6. The van der Waals surface area contributed by atoms with Crippen molar-refractivity contribution in [3.05, 3.63) is 23.4 Å². The summed E-state index contributed by atoms with van der Waals surface area (Å²) in [5, 5.41) is 9.05. The number of amides is 1. The summed E-state index contributed by atoms with van der Waals surface area (Å²) < 4.78 is 49.1. The van der Waals surface area contributed by atoms with E-state index in [1.807, 2.05) is 13.8 Å². The molecule has 6 nitrogen and oxygen atoms in total. The lowest BCUT2D eigenvalue weighted by atomic mass is 10.2. The van der Waals surface area contributed by atoms with E-state index in [-0.39, 0.29) is 24.5 Å². The largest absolute Gasteiger partial charge is 0.473 e. The van der Waals surface area contributed by atoms with Gasteiger partial charge in [-0.05, 0) is 24.5 Å². The average Bonchev–Trinajstić information content (AvgIpc) is 2.59. The smallest absolute Gasteiger partial charge is 0.433 e. The van der Waals surface area contributed by atoms with Crippen LogP contribution in [-0.4, -0.2) is 42.3 Å². The van der Waals surface area contributed by atoms with Crippen molar-refractivity contribution in [1.82, 2.24) is 9.88 Å². The topological polar surface area (TPSA) is 75.4 Å². The number of nitriles is 1. The fourth-order valence-corrected chi connectivity index (χ4v) is 2.29. The first kappa shape index (κ1) is 22.5. The molecule has 0 bridgehead atoms. The number of alkyl halides is 3. The Balaban J connectivity index is 2.71. The third kappa shape index (κ3) is 7.33.